The summed E-state index contributed by atoms with van der Waals surface area (Å²) in [7, 11) is 3.04. The second-order valence-corrected chi connectivity index (χ2v) is 9.62. The van der Waals surface area contributed by atoms with Gasteiger partial charge in [-0.1, -0.05) is 6.07 Å². The van der Waals surface area contributed by atoms with Crippen LogP contribution in [-0.4, -0.2) is 46.4 Å². The van der Waals surface area contributed by atoms with Crippen molar-refractivity contribution in [1.29, 1.82) is 0 Å². The van der Waals surface area contributed by atoms with Crippen LogP contribution in [0.3, 0.4) is 0 Å². The molecule has 1 aliphatic heterocycles. The smallest absolute Gasteiger partial charge is 0.250 e. The van der Waals surface area contributed by atoms with Gasteiger partial charge in [-0.05, 0) is 80.2 Å². The van der Waals surface area contributed by atoms with Crippen molar-refractivity contribution in [3.63, 3.8) is 0 Å². The molecule has 1 fully saturated rings. The van der Waals surface area contributed by atoms with Crippen LogP contribution in [0.25, 0.3) is 5.69 Å². The average Bonchev–Trinajstić information content (AvgIpc) is 3.44. The quantitative estimate of drug-likeness (QED) is 0.311. The van der Waals surface area contributed by atoms with Crippen molar-refractivity contribution in [2.45, 2.75) is 25.9 Å². The van der Waals surface area contributed by atoms with Gasteiger partial charge >= 0.3 is 0 Å². The maximum atomic E-state index is 12.4. The Morgan fingerprint density at radius 3 is 2.62 bits per heavy atom. The molecule has 9 nitrogen and oxygen atoms in total. The maximum Gasteiger partial charge on any atom is 0.250 e. The van der Waals surface area contributed by atoms with Crippen molar-refractivity contribution in [3.8, 4) is 11.4 Å². The van der Waals surface area contributed by atoms with Crippen LogP contribution in [0.15, 0.2) is 73.2 Å². The minimum absolute atomic E-state index is 0.0677. The summed E-state index contributed by atoms with van der Waals surface area (Å²) in [6.07, 6.45) is 5.41. The van der Waals surface area contributed by atoms with E-state index in [4.69, 9.17) is 21.7 Å². The van der Waals surface area contributed by atoms with Gasteiger partial charge in [0.05, 0.1) is 42.5 Å². The van der Waals surface area contributed by atoms with E-state index in [1.807, 2.05) is 54.7 Å². The zero-order valence-corrected chi connectivity index (χ0v) is 23.0. The second-order valence-electron chi connectivity index (χ2n) is 9.24. The highest BCUT2D eigenvalue weighted by Gasteiger charge is 2.42. The number of thiocarbonyl (C=S) groups is 1. The van der Waals surface area contributed by atoms with E-state index in [1.165, 1.54) is 7.11 Å². The summed E-state index contributed by atoms with van der Waals surface area (Å²) in [5.74, 6) is 0.256. The molecule has 5 rings (SSSR count). The predicted molar refractivity (Wildman–Crippen MR) is 154 cm³/mol. The number of aromatic nitrogens is 3. The molecule has 0 spiro atoms. The molecule has 3 aromatic heterocycles. The largest absolute Gasteiger partial charge is 0.495 e. The van der Waals surface area contributed by atoms with E-state index in [0.717, 1.165) is 34.0 Å². The molecule has 1 saturated heterocycles. The summed E-state index contributed by atoms with van der Waals surface area (Å²) in [5, 5.41) is 6.95. The lowest BCUT2D eigenvalue weighted by molar-refractivity contribution is -0.119. The van der Waals surface area contributed by atoms with E-state index in [2.05, 4.69) is 50.0 Å². The average molecular weight is 543 g/mol. The van der Waals surface area contributed by atoms with E-state index in [9.17, 15) is 4.79 Å². The van der Waals surface area contributed by atoms with Crippen LogP contribution < -0.4 is 20.3 Å². The molecule has 39 heavy (non-hydrogen) atoms. The van der Waals surface area contributed by atoms with Crippen molar-refractivity contribution < 1.29 is 14.3 Å². The first-order valence-electron chi connectivity index (χ1n) is 12.5. The first-order chi connectivity index (χ1) is 18.9. The molecule has 0 radical (unpaired) electrons. The Morgan fingerprint density at radius 2 is 1.92 bits per heavy atom. The second kappa shape index (κ2) is 11.2. The number of nitrogens with zero attached hydrogens (tertiary/aromatic N) is 4. The molecule has 4 aromatic rings. The van der Waals surface area contributed by atoms with Gasteiger partial charge in [-0.25, -0.2) is 0 Å². The number of nitrogens with one attached hydrogen (secondary N) is 2. The molecule has 1 amide bonds. The van der Waals surface area contributed by atoms with E-state index in [1.54, 1.807) is 19.5 Å². The zero-order valence-electron chi connectivity index (χ0n) is 22.2. The third-order valence-corrected chi connectivity index (χ3v) is 7.12. The molecular formula is C29H30N6O3S. The predicted octanol–water partition coefficient (Wildman–Crippen LogP) is 4.65. The van der Waals surface area contributed by atoms with Gasteiger partial charge in [0.1, 0.15) is 12.4 Å². The number of carbonyl (C=O) groups excluding carboxylic acids is 1. The van der Waals surface area contributed by atoms with Crippen LogP contribution in [0, 0.1) is 13.8 Å². The SMILES string of the molecule is COCC(=O)Nc1cc(N2C(=S)N[C@@H](c3ccccn3)[C@H]2c2cc(C)n(-c3cccnc3)c2C)ccc1OC. The number of amides is 1. The Morgan fingerprint density at radius 1 is 1.08 bits per heavy atom. The monoisotopic (exact) mass is 542 g/mol. The fraction of sp³-hybridized carbons (Fsp3) is 0.241. The summed E-state index contributed by atoms with van der Waals surface area (Å²) in [6.45, 7) is 4.12. The summed E-state index contributed by atoms with van der Waals surface area (Å²) < 4.78 is 12.7. The van der Waals surface area contributed by atoms with Crippen LogP contribution in [0.2, 0.25) is 0 Å². The fourth-order valence-electron chi connectivity index (χ4n) is 5.18. The number of carbonyl (C=O) groups is 1. The lowest BCUT2D eigenvalue weighted by Crippen LogP contribution is -2.29. The summed E-state index contributed by atoms with van der Waals surface area (Å²) in [5.41, 5.74) is 6.44. The normalized spacial score (nSPS) is 16.7. The van der Waals surface area contributed by atoms with E-state index in [-0.39, 0.29) is 24.6 Å². The summed E-state index contributed by atoms with van der Waals surface area (Å²) in [6, 6.07) is 17.2. The Bertz CT molecular complexity index is 1490. The molecule has 2 N–H and O–H groups in total. The molecule has 10 heteroatoms. The minimum atomic E-state index is -0.280. The first-order valence-corrected chi connectivity index (χ1v) is 12.9. The highest BCUT2D eigenvalue weighted by Crippen LogP contribution is 2.45. The number of anilines is 2. The van der Waals surface area contributed by atoms with E-state index >= 15 is 0 Å². The standard InChI is InChI=1S/C29H30N6O3S/c1-18-14-22(19(2)34(18)21-8-7-12-30-16-21)28-27(23-9-5-6-13-31-23)33-29(39)35(28)20-10-11-25(38-4)24(15-20)32-26(36)17-37-3/h5-16,27-28H,17H2,1-4H3,(H,32,36)(H,33,39)/t27-,28+/m0/s1. The maximum absolute atomic E-state index is 12.4. The number of pyridine rings is 2. The van der Waals surface area contributed by atoms with Crippen LogP contribution >= 0.6 is 12.2 Å². The van der Waals surface area contributed by atoms with Crippen molar-refractivity contribution in [2.24, 2.45) is 0 Å². The molecule has 0 saturated carbocycles. The van der Waals surface area contributed by atoms with Gasteiger partial charge in [0.15, 0.2) is 5.11 Å². The van der Waals surface area contributed by atoms with Crippen molar-refractivity contribution in [1.82, 2.24) is 19.9 Å². The Kier molecular flexibility index (Phi) is 7.58. The highest BCUT2D eigenvalue weighted by atomic mass is 32.1. The van der Waals surface area contributed by atoms with Gasteiger partial charge in [0.25, 0.3) is 0 Å². The minimum Gasteiger partial charge on any atom is -0.495 e. The van der Waals surface area contributed by atoms with Crippen LogP contribution in [-0.2, 0) is 9.53 Å². The van der Waals surface area contributed by atoms with Gasteiger partial charge in [0, 0.05) is 36.6 Å². The van der Waals surface area contributed by atoms with Crippen molar-refractivity contribution >= 4 is 34.6 Å². The molecule has 0 bridgehead atoms. The molecule has 2 atom stereocenters. The van der Waals surface area contributed by atoms with E-state index < -0.39 is 0 Å². The van der Waals surface area contributed by atoms with Gasteiger partial charge < -0.3 is 29.6 Å². The Hall–Kier alpha value is -4.28. The zero-order chi connectivity index (χ0) is 27.5. The Balaban J connectivity index is 1.64. The lowest BCUT2D eigenvalue weighted by atomic mass is 9.96. The van der Waals surface area contributed by atoms with Crippen molar-refractivity contribution in [2.75, 3.05) is 31.0 Å². The topological polar surface area (TPSA) is 93.5 Å². The van der Waals surface area contributed by atoms with Gasteiger partial charge in [-0.3, -0.25) is 14.8 Å². The van der Waals surface area contributed by atoms with Crippen LogP contribution in [0.5, 0.6) is 5.75 Å². The van der Waals surface area contributed by atoms with Crippen LogP contribution in [0.1, 0.15) is 34.7 Å². The number of hydrogen-bond donors (Lipinski definition) is 2. The molecule has 1 aromatic carbocycles. The molecule has 4 heterocycles. The highest BCUT2D eigenvalue weighted by molar-refractivity contribution is 7.80. The molecule has 0 aliphatic carbocycles. The molecule has 0 unspecified atom stereocenters. The van der Waals surface area contributed by atoms with Crippen LogP contribution in [0.4, 0.5) is 11.4 Å². The van der Waals surface area contributed by atoms with Gasteiger partial charge in [-0.15, -0.1) is 0 Å². The lowest BCUT2D eigenvalue weighted by Gasteiger charge is -2.29. The summed E-state index contributed by atoms with van der Waals surface area (Å²) in [4.78, 5) is 23.4. The summed E-state index contributed by atoms with van der Waals surface area (Å²) >= 11 is 5.92. The fourth-order valence-corrected chi connectivity index (χ4v) is 5.53. The number of benzene rings is 1. The molecular weight excluding hydrogens is 512 g/mol. The number of aryl methyl sites for hydroxylation is 1. The Labute approximate surface area is 232 Å². The number of methoxy groups -OCH3 is 2. The first kappa shape index (κ1) is 26.3. The number of ether oxygens (including phenoxy) is 2. The molecule has 200 valence electrons. The van der Waals surface area contributed by atoms with Crippen molar-refractivity contribution in [3.05, 3.63) is 95.8 Å². The third kappa shape index (κ3) is 5.08. The molecule has 1 aliphatic rings. The number of hydrogen-bond acceptors (Lipinski definition) is 6. The van der Waals surface area contributed by atoms with Gasteiger partial charge in [-0.2, -0.15) is 0 Å². The third-order valence-electron chi connectivity index (χ3n) is 6.80. The van der Waals surface area contributed by atoms with Gasteiger partial charge in [0.2, 0.25) is 5.91 Å². The van der Waals surface area contributed by atoms with E-state index in [0.29, 0.717) is 16.5 Å². The number of rotatable bonds is 8.